The van der Waals surface area contributed by atoms with Crippen molar-refractivity contribution in [1.29, 1.82) is 0 Å². The summed E-state index contributed by atoms with van der Waals surface area (Å²) in [6.07, 6.45) is 6.87. The van der Waals surface area contributed by atoms with Crippen molar-refractivity contribution in [2.45, 2.75) is 122 Å². The van der Waals surface area contributed by atoms with Crippen LogP contribution < -0.4 is 0 Å². The molecule has 4 nitrogen and oxygen atoms in total. The van der Waals surface area contributed by atoms with Crippen molar-refractivity contribution >= 4 is 14.6 Å². The topological polar surface area (TPSA) is 44.8 Å². The molecule has 5 heteroatoms. The zero-order valence-electron chi connectivity index (χ0n) is 18.4. The van der Waals surface area contributed by atoms with Gasteiger partial charge in [0.1, 0.15) is 12.4 Å². The standard InChI is InChI=1S/C21H42O4Si/c1-9-12-14-20(15-13-16-22,25-26(7,8)19(4,5)6)18-17-23-21(10-2,11-3)24-18/h16,18H,9-15,17H2,1-8H3/t18-,20+/m0/s1. The molecule has 1 heterocycles. The number of carbonyl (C=O) groups excluding carboxylic acids is 1. The van der Waals surface area contributed by atoms with E-state index in [0.29, 0.717) is 19.4 Å². The van der Waals surface area contributed by atoms with Gasteiger partial charge in [-0.25, -0.2) is 0 Å². The van der Waals surface area contributed by atoms with Crippen LogP contribution in [0, 0.1) is 0 Å². The fourth-order valence-electron chi connectivity index (χ4n) is 3.49. The second kappa shape index (κ2) is 9.31. The summed E-state index contributed by atoms with van der Waals surface area (Å²) in [5, 5.41) is 0.109. The predicted molar refractivity (Wildman–Crippen MR) is 110 cm³/mol. The first kappa shape index (κ1) is 23.8. The van der Waals surface area contributed by atoms with E-state index >= 15 is 0 Å². The van der Waals surface area contributed by atoms with Gasteiger partial charge in [-0.15, -0.1) is 0 Å². The van der Waals surface area contributed by atoms with Crippen LogP contribution in [0.3, 0.4) is 0 Å². The number of rotatable bonds is 11. The van der Waals surface area contributed by atoms with Crippen LogP contribution in [-0.2, 0) is 18.7 Å². The number of unbranched alkanes of at least 4 members (excludes halogenated alkanes) is 1. The van der Waals surface area contributed by atoms with Gasteiger partial charge in [0.25, 0.3) is 0 Å². The number of ether oxygens (including phenoxy) is 2. The van der Waals surface area contributed by atoms with Crippen LogP contribution in [0.4, 0.5) is 0 Å². The molecular weight excluding hydrogens is 344 g/mol. The summed E-state index contributed by atoms with van der Waals surface area (Å²) >= 11 is 0. The van der Waals surface area contributed by atoms with E-state index < -0.39 is 19.7 Å². The minimum atomic E-state index is -2.03. The van der Waals surface area contributed by atoms with Gasteiger partial charge >= 0.3 is 0 Å². The number of hydrogen-bond donors (Lipinski definition) is 0. The lowest BCUT2D eigenvalue weighted by atomic mass is 9.86. The van der Waals surface area contributed by atoms with E-state index in [1.807, 2.05) is 0 Å². The first-order valence-electron chi connectivity index (χ1n) is 10.5. The van der Waals surface area contributed by atoms with Gasteiger partial charge in [0.2, 0.25) is 0 Å². The SMILES string of the molecule is CCCC[C@](CCC=O)(O[Si](C)(C)C(C)(C)C)[C@@H]1COC(CC)(CC)O1. The molecule has 0 unspecified atom stereocenters. The molecule has 1 rings (SSSR count). The second-order valence-corrected chi connectivity index (χ2v) is 14.0. The fraction of sp³-hybridized carbons (Fsp3) is 0.952. The number of carbonyl (C=O) groups is 1. The maximum atomic E-state index is 11.2. The Morgan fingerprint density at radius 2 is 1.77 bits per heavy atom. The Morgan fingerprint density at radius 1 is 1.15 bits per heavy atom. The van der Waals surface area contributed by atoms with E-state index in [-0.39, 0.29) is 11.1 Å². The van der Waals surface area contributed by atoms with E-state index in [0.717, 1.165) is 38.4 Å². The third-order valence-corrected chi connectivity index (χ3v) is 11.0. The molecule has 154 valence electrons. The van der Waals surface area contributed by atoms with Crippen molar-refractivity contribution in [2.24, 2.45) is 0 Å². The molecule has 1 aliphatic rings. The van der Waals surface area contributed by atoms with E-state index in [2.05, 4.69) is 54.6 Å². The van der Waals surface area contributed by atoms with Gasteiger partial charge < -0.3 is 18.7 Å². The van der Waals surface area contributed by atoms with Crippen LogP contribution >= 0.6 is 0 Å². The van der Waals surface area contributed by atoms with Crippen LogP contribution in [0.25, 0.3) is 0 Å². The Morgan fingerprint density at radius 3 is 2.19 bits per heavy atom. The van der Waals surface area contributed by atoms with Gasteiger partial charge in [0.15, 0.2) is 14.1 Å². The van der Waals surface area contributed by atoms with Crippen LogP contribution in [0.5, 0.6) is 0 Å². The normalized spacial score (nSPS) is 23.0. The average Bonchev–Trinajstić information content (AvgIpc) is 3.02. The largest absolute Gasteiger partial charge is 0.409 e. The highest BCUT2D eigenvalue weighted by Gasteiger charge is 2.53. The molecule has 0 bridgehead atoms. The van der Waals surface area contributed by atoms with Crippen molar-refractivity contribution in [3.63, 3.8) is 0 Å². The van der Waals surface area contributed by atoms with E-state index in [4.69, 9.17) is 13.9 Å². The van der Waals surface area contributed by atoms with Crippen molar-refractivity contribution in [2.75, 3.05) is 6.61 Å². The summed E-state index contributed by atoms with van der Waals surface area (Å²) in [5.74, 6) is -0.500. The summed E-state index contributed by atoms with van der Waals surface area (Å²) < 4.78 is 19.7. The maximum Gasteiger partial charge on any atom is 0.192 e. The highest BCUT2D eigenvalue weighted by Crippen LogP contribution is 2.46. The number of aldehydes is 1. The summed E-state index contributed by atoms with van der Waals surface area (Å²) in [6, 6.07) is 0. The predicted octanol–water partition coefficient (Wildman–Crippen LogP) is 5.85. The van der Waals surface area contributed by atoms with Gasteiger partial charge in [-0.1, -0.05) is 54.4 Å². The van der Waals surface area contributed by atoms with E-state index in [1.54, 1.807) is 0 Å². The molecule has 0 amide bonds. The van der Waals surface area contributed by atoms with Gasteiger partial charge in [-0.3, -0.25) is 0 Å². The molecule has 2 atom stereocenters. The lowest BCUT2D eigenvalue weighted by Gasteiger charge is -2.48. The van der Waals surface area contributed by atoms with Crippen molar-refractivity contribution in [1.82, 2.24) is 0 Å². The molecule has 26 heavy (non-hydrogen) atoms. The summed E-state index contributed by atoms with van der Waals surface area (Å²) in [4.78, 5) is 11.2. The summed E-state index contributed by atoms with van der Waals surface area (Å²) in [6.45, 7) is 18.3. The first-order valence-corrected chi connectivity index (χ1v) is 13.4. The Labute approximate surface area is 162 Å². The number of hydrogen-bond acceptors (Lipinski definition) is 4. The Bertz CT molecular complexity index is 440. The molecule has 0 saturated carbocycles. The molecule has 1 fully saturated rings. The highest BCUT2D eigenvalue weighted by atomic mass is 28.4. The van der Waals surface area contributed by atoms with Gasteiger partial charge in [0.05, 0.1) is 12.2 Å². The highest BCUT2D eigenvalue weighted by molar-refractivity contribution is 6.74. The van der Waals surface area contributed by atoms with Gasteiger partial charge in [-0.05, 0) is 43.8 Å². The van der Waals surface area contributed by atoms with Crippen molar-refractivity contribution in [3.8, 4) is 0 Å². The summed E-state index contributed by atoms with van der Waals surface area (Å²) in [7, 11) is -2.03. The third kappa shape index (κ3) is 5.40. The van der Waals surface area contributed by atoms with Gasteiger partial charge in [-0.2, -0.15) is 0 Å². The van der Waals surface area contributed by atoms with E-state index in [1.165, 1.54) is 0 Å². The van der Waals surface area contributed by atoms with Crippen molar-refractivity contribution < 1.29 is 18.7 Å². The molecule has 0 spiro atoms. The molecule has 0 aromatic rings. The monoisotopic (exact) mass is 386 g/mol. The third-order valence-electron chi connectivity index (χ3n) is 6.42. The smallest absolute Gasteiger partial charge is 0.192 e. The zero-order chi connectivity index (χ0) is 20.1. The lowest BCUT2D eigenvalue weighted by molar-refractivity contribution is -0.195. The Hall–Kier alpha value is -0.233. The van der Waals surface area contributed by atoms with Crippen LogP contribution in [-0.4, -0.2) is 38.7 Å². The maximum absolute atomic E-state index is 11.2. The lowest BCUT2D eigenvalue weighted by Crippen LogP contribution is -2.56. The molecular formula is C21H42O4Si. The van der Waals surface area contributed by atoms with Crippen LogP contribution in [0.2, 0.25) is 18.1 Å². The molecule has 1 aliphatic heterocycles. The minimum absolute atomic E-state index is 0.108. The van der Waals surface area contributed by atoms with Crippen LogP contribution in [0.15, 0.2) is 0 Å². The fourth-order valence-corrected chi connectivity index (χ4v) is 5.15. The molecule has 0 aromatic carbocycles. The molecule has 0 N–H and O–H groups in total. The minimum Gasteiger partial charge on any atom is -0.409 e. The second-order valence-electron chi connectivity index (χ2n) is 9.27. The zero-order valence-corrected chi connectivity index (χ0v) is 19.4. The van der Waals surface area contributed by atoms with Crippen LogP contribution in [0.1, 0.15) is 86.5 Å². The average molecular weight is 387 g/mol. The van der Waals surface area contributed by atoms with Crippen molar-refractivity contribution in [3.05, 3.63) is 0 Å². The van der Waals surface area contributed by atoms with Gasteiger partial charge in [0, 0.05) is 6.42 Å². The molecule has 1 saturated heterocycles. The molecule has 0 aliphatic carbocycles. The Balaban J connectivity index is 3.23. The molecule has 0 radical (unpaired) electrons. The quantitative estimate of drug-likeness (QED) is 0.330. The summed E-state index contributed by atoms with van der Waals surface area (Å²) in [5.41, 5.74) is -0.438. The van der Waals surface area contributed by atoms with E-state index in [9.17, 15) is 4.79 Å². The first-order chi connectivity index (χ1) is 12.0. The Kier molecular flexibility index (Phi) is 8.52. The molecule has 0 aromatic heterocycles.